The van der Waals surface area contributed by atoms with Crippen molar-refractivity contribution in [2.75, 3.05) is 7.11 Å². The van der Waals surface area contributed by atoms with Crippen molar-refractivity contribution in [2.24, 2.45) is 5.92 Å². The van der Waals surface area contributed by atoms with Gasteiger partial charge in [-0.2, -0.15) is 0 Å². The van der Waals surface area contributed by atoms with Crippen LogP contribution in [0.5, 0.6) is 0 Å². The Morgan fingerprint density at radius 3 is 2.36 bits per heavy atom. The van der Waals surface area contributed by atoms with E-state index in [1.54, 1.807) is 5.57 Å². The highest BCUT2D eigenvalue weighted by Gasteiger charge is 2.36. The molecule has 2 fully saturated rings. The van der Waals surface area contributed by atoms with Crippen LogP contribution in [0.15, 0.2) is 11.6 Å². The second kappa shape index (κ2) is 11.0. The van der Waals surface area contributed by atoms with Crippen LogP contribution in [0.3, 0.4) is 0 Å². The van der Waals surface area contributed by atoms with Crippen molar-refractivity contribution >= 4 is 5.97 Å². The van der Waals surface area contributed by atoms with Gasteiger partial charge in [-0.05, 0) is 51.4 Å². The van der Waals surface area contributed by atoms with Crippen LogP contribution >= 0.6 is 0 Å². The Morgan fingerprint density at radius 1 is 1.04 bits per heavy atom. The maximum Gasteiger partial charge on any atom is 0.305 e. The maximum absolute atomic E-state index is 11.3. The summed E-state index contributed by atoms with van der Waals surface area (Å²) in [4.78, 5) is 11.2. The average Bonchev–Trinajstić information content (AvgIpc) is 2.64. The molecule has 0 bridgehead atoms. The summed E-state index contributed by atoms with van der Waals surface area (Å²) in [6, 6.07) is 0. The number of hydrogen-bond acceptors (Lipinski definition) is 3. The Bertz CT molecular complexity index is 413. The maximum atomic E-state index is 11.3. The summed E-state index contributed by atoms with van der Waals surface area (Å²) in [5, 5.41) is 11.3. The second-order valence-electron chi connectivity index (χ2n) is 8.19. The van der Waals surface area contributed by atoms with Crippen LogP contribution in [0.4, 0.5) is 0 Å². The van der Waals surface area contributed by atoms with Gasteiger partial charge in [0.15, 0.2) is 0 Å². The molecular formula is C22H38O3. The molecule has 2 aliphatic carbocycles. The molecular weight excluding hydrogens is 312 g/mol. The van der Waals surface area contributed by atoms with Gasteiger partial charge in [-0.25, -0.2) is 0 Å². The van der Waals surface area contributed by atoms with Crippen molar-refractivity contribution < 1.29 is 14.6 Å². The standard InChI is InChI=1S/C22H38O3/c1-25-21(23)15-9-3-2-8-14-20(18-19-12-6-4-7-13-19)22(24)16-10-5-11-17-22/h18,20,24H,2-17H2,1H3. The van der Waals surface area contributed by atoms with Crippen molar-refractivity contribution in [3.05, 3.63) is 11.6 Å². The van der Waals surface area contributed by atoms with E-state index in [0.717, 1.165) is 44.9 Å². The minimum Gasteiger partial charge on any atom is -0.469 e. The number of methoxy groups -OCH3 is 1. The highest BCUT2D eigenvalue weighted by Crippen LogP contribution is 2.39. The summed E-state index contributed by atoms with van der Waals surface area (Å²) in [6.07, 6.45) is 20.5. The Kier molecular flexibility index (Phi) is 9.02. The molecule has 2 saturated carbocycles. The molecule has 25 heavy (non-hydrogen) atoms. The van der Waals surface area contributed by atoms with Crippen LogP contribution in [0.25, 0.3) is 0 Å². The topological polar surface area (TPSA) is 46.5 Å². The lowest BCUT2D eigenvalue weighted by molar-refractivity contribution is -0.140. The van der Waals surface area contributed by atoms with Crippen molar-refractivity contribution in [1.82, 2.24) is 0 Å². The van der Waals surface area contributed by atoms with E-state index < -0.39 is 5.60 Å². The predicted octanol–water partition coefficient (Wildman–Crippen LogP) is 5.70. The van der Waals surface area contributed by atoms with Crippen LogP contribution in [0.2, 0.25) is 0 Å². The number of unbranched alkanes of at least 4 members (excludes halogenated alkanes) is 3. The lowest BCUT2D eigenvalue weighted by atomic mass is 9.72. The zero-order chi connectivity index (χ0) is 18.0. The summed E-state index contributed by atoms with van der Waals surface area (Å²) in [5.41, 5.74) is 1.13. The van der Waals surface area contributed by atoms with Crippen LogP contribution in [0.1, 0.15) is 103 Å². The molecule has 3 nitrogen and oxygen atoms in total. The Morgan fingerprint density at radius 2 is 1.68 bits per heavy atom. The van der Waals surface area contributed by atoms with Crippen molar-refractivity contribution in [3.63, 3.8) is 0 Å². The van der Waals surface area contributed by atoms with E-state index in [2.05, 4.69) is 6.08 Å². The van der Waals surface area contributed by atoms with E-state index in [-0.39, 0.29) is 5.97 Å². The van der Waals surface area contributed by atoms with Crippen molar-refractivity contribution in [3.8, 4) is 0 Å². The van der Waals surface area contributed by atoms with Gasteiger partial charge >= 0.3 is 5.97 Å². The first-order valence-electron chi connectivity index (χ1n) is 10.6. The van der Waals surface area contributed by atoms with Gasteiger partial charge in [0, 0.05) is 12.3 Å². The van der Waals surface area contributed by atoms with E-state index in [4.69, 9.17) is 4.74 Å². The fourth-order valence-electron chi connectivity index (χ4n) is 4.59. The number of aliphatic hydroxyl groups is 1. The van der Waals surface area contributed by atoms with Crippen molar-refractivity contribution in [1.29, 1.82) is 0 Å². The summed E-state index contributed by atoms with van der Waals surface area (Å²) >= 11 is 0. The molecule has 3 heteroatoms. The first-order valence-corrected chi connectivity index (χ1v) is 10.6. The minimum absolute atomic E-state index is 0.101. The fraction of sp³-hybridized carbons (Fsp3) is 0.864. The van der Waals surface area contributed by atoms with Crippen LogP contribution in [-0.4, -0.2) is 23.8 Å². The van der Waals surface area contributed by atoms with Gasteiger partial charge in [-0.1, -0.05) is 56.6 Å². The van der Waals surface area contributed by atoms with Gasteiger partial charge in [0.2, 0.25) is 0 Å². The number of carbonyl (C=O) groups is 1. The van der Waals surface area contributed by atoms with Gasteiger partial charge < -0.3 is 9.84 Å². The summed E-state index contributed by atoms with van der Waals surface area (Å²) in [6.45, 7) is 0. The van der Waals surface area contributed by atoms with Gasteiger partial charge in [-0.3, -0.25) is 4.79 Å². The highest BCUT2D eigenvalue weighted by molar-refractivity contribution is 5.68. The molecule has 0 radical (unpaired) electrons. The average molecular weight is 351 g/mol. The zero-order valence-electron chi connectivity index (χ0n) is 16.2. The van der Waals surface area contributed by atoms with Crippen LogP contribution in [-0.2, 0) is 9.53 Å². The first kappa shape index (κ1) is 20.5. The third-order valence-electron chi connectivity index (χ3n) is 6.22. The first-order chi connectivity index (χ1) is 12.1. The molecule has 1 unspecified atom stereocenters. The largest absolute Gasteiger partial charge is 0.469 e. The van der Waals surface area contributed by atoms with Crippen LogP contribution in [0, 0.1) is 5.92 Å². The molecule has 0 aromatic carbocycles. The summed E-state index contributed by atoms with van der Waals surface area (Å²) in [7, 11) is 1.45. The van der Waals surface area contributed by atoms with Gasteiger partial charge in [0.25, 0.3) is 0 Å². The molecule has 0 saturated heterocycles. The van der Waals surface area contributed by atoms with E-state index in [9.17, 15) is 9.90 Å². The fourth-order valence-corrected chi connectivity index (χ4v) is 4.59. The molecule has 0 aromatic rings. The lowest BCUT2D eigenvalue weighted by Crippen LogP contribution is -2.39. The van der Waals surface area contributed by atoms with Gasteiger partial charge in [0.1, 0.15) is 0 Å². The van der Waals surface area contributed by atoms with E-state index >= 15 is 0 Å². The number of ether oxygens (including phenoxy) is 1. The number of esters is 1. The number of allylic oxidation sites excluding steroid dienone is 1. The molecule has 1 N–H and O–H groups in total. The molecule has 2 rings (SSSR count). The molecule has 0 heterocycles. The SMILES string of the molecule is COC(=O)CCCCCCC(C=C1CCCCC1)C1(O)CCCCC1. The molecule has 0 amide bonds. The molecule has 1 atom stereocenters. The third kappa shape index (κ3) is 7.13. The summed E-state index contributed by atoms with van der Waals surface area (Å²) < 4.78 is 4.69. The molecule has 0 aliphatic heterocycles. The smallest absolute Gasteiger partial charge is 0.305 e. The second-order valence-corrected chi connectivity index (χ2v) is 8.19. The normalized spacial score (nSPS) is 21.6. The number of carbonyl (C=O) groups excluding carboxylic acids is 1. The van der Waals surface area contributed by atoms with E-state index in [1.165, 1.54) is 58.5 Å². The lowest BCUT2D eigenvalue weighted by Gasteiger charge is -2.39. The Balaban J connectivity index is 1.83. The van der Waals surface area contributed by atoms with E-state index in [0.29, 0.717) is 12.3 Å². The Hall–Kier alpha value is -0.830. The molecule has 0 spiro atoms. The van der Waals surface area contributed by atoms with Gasteiger partial charge in [0.05, 0.1) is 12.7 Å². The van der Waals surface area contributed by atoms with Gasteiger partial charge in [-0.15, -0.1) is 0 Å². The number of hydrogen-bond donors (Lipinski definition) is 1. The zero-order valence-corrected chi connectivity index (χ0v) is 16.2. The number of rotatable bonds is 9. The predicted molar refractivity (Wildman–Crippen MR) is 102 cm³/mol. The highest BCUT2D eigenvalue weighted by atomic mass is 16.5. The monoisotopic (exact) mass is 350 g/mol. The van der Waals surface area contributed by atoms with E-state index in [1.807, 2.05) is 0 Å². The molecule has 2 aliphatic rings. The molecule has 0 aromatic heterocycles. The molecule has 144 valence electrons. The minimum atomic E-state index is -0.464. The quantitative estimate of drug-likeness (QED) is 0.329. The Labute approximate surface area is 154 Å². The third-order valence-corrected chi connectivity index (χ3v) is 6.22. The van der Waals surface area contributed by atoms with Crippen molar-refractivity contribution in [2.45, 2.75) is 108 Å². The van der Waals surface area contributed by atoms with Crippen LogP contribution < -0.4 is 0 Å². The summed E-state index contributed by atoms with van der Waals surface area (Å²) in [5.74, 6) is 0.234.